The van der Waals surface area contributed by atoms with Crippen molar-refractivity contribution in [3.8, 4) is 0 Å². The molecule has 0 atom stereocenters. The highest BCUT2D eigenvalue weighted by atomic mass is 28.3. The Morgan fingerprint density at radius 3 is 1.62 bits per heavy atom. The SMILES string of the molecule is CC(C)(C)[Si](C/C(=C/C(=O)O)C(=O)O)(c1ccccc1)c1ccccc1. The third kappa shape index (κ3) is 3.94. The second-order valence-corrected chi connectivity index (χ2v) is 12.2. The Morgan fingerprint density at radius 1 is 0.885 bits per heavy atom. The zero-order valence-electron chi connectivity index (χ0n) is 15.3. The fourth-order valence-corrected chi connectivity index (χ4v) is 8.92. The molecule has 0 aliphatic carbocycles. The molecule has 2 rings (SSSR count). The van der Waals surface area contributed by atoms with Crippen LogP contribution in [-0.2, 0) is 9.59 Å². The molecule has 0 aliphatic heterocycles. The number of benzene rings is 2. The van der Waals surface area contributed by atoms with E-state index in [0.29, 0.717) is 0 Å². The van der Waals surface area contributed by atoms with E-state index in [9.17, 15) is 14.7 Å². The van der Waals surface area contributed by atoms with Crippen LogP contribution >= 0.6 is 0 Å². The molecule has 0 spiro atoms. The Bertz CT molecular complexity index is 765. The summed E-state index contributed by atoms with van der Waals surface area (Å²) in [7, 11) is -2.65. The van der Waals surface area contributed by atoms with Crippen LogP contribution in [-0.4, -0.2) is 30.2 Å². The fraction of sp³-hybridized carbons (Fsp3) is 0.238. The van der Waals surface area contributed by atoms with E-state index in [0.717, 1.165) is 16.4 Å². The van der Waals surface area contributed by atoms with E-state index in [2.05, 4.69) is 20.8 Å². The maximum atomic E-state index is 11.8. The number of carbonyl (C=O) groups is 2. The normalized spacial score (nSPS) is 12.7. The predicted molar refractivity (Wildman–Crippen MR) is 106 cm³/mol. The van der Waals surface area contributed by atoms with Gasteiger partial charge in [-0.25, -0.2) is 9.59 Å². The van der Waals surface area contributed by atoms with Crippen molar-refractivity contribution in [3.63, 3.8) is 0 Å². The molecule has 5 heteroatoms. The minimum absolute atomic E-state index is 0.0632. The van der Waals surface area contributed by atoms with Crippen molar-refractivity contribution < 1.29 is 19.8 Å². The summed E-state index contributed by atoms with van der Waals surface area (Å²) < 4.78 is 0. The number of rotatable bonds is 6. The molecule has 2 aromatic carbocycles. The lowest BCUT2D eigenvalue weighted by Crippen LogP contribution is -2.64. The van der Waals surface area contributed by atoms with Crippen molar-refractivity contribution in [2.45, 2.75) is 31.9 Å². The topological polar surface area (TPSA) is 74.6 Å². The van der Waals surface area contributed by atoms with Crippen molar-refractivity contribution in [2.75, 3.05) is 0 Å². The van der Waals surface area contributed by atoms with Gasteiger partial charge in [-0.05, 0) is 11.1 Å². The summed E-state index contributed by atoms with van der Waals surface area (Å²) in [6.45, 7) is 6.33. The van der Waals surface area contributed by atoms with Crippen LogP contribution in [0.4, 0.5) is 0 Å². The van der Waals surface area contributed by atoms with Gasteiger partial charge in [0.25, 0.3) is 0 Å². The van der Waals surface area contributed by atoms with Crippen LogP contribution in [0, 0.1) is 0 Å². The Morgan fingerprint density at radius 2 is 1.31 bits per heavy atom. The molecule has 0 amide bonds. The van der Waals surface area contributed by atoms with Gasteiger partial charge in [0.2, 0.25) is 0 Å². The minimum Gasteiger partial charge on any atom is -0.478 e. The molecule has 0 radical (unpaired) electrons. The van der Waals surface area contributed by atoms with Crippen molar-refractivity contribution in [2.24, 2.45) is 0 Å². The summed E-state index contributed by atoms with van der Waals surface area (Å²) in [5.74, 6) is -2.42. The van der Waals surface area contributed by atoms with Gasteiger partial charge in [0.1, 0.15) is 8.07 Å². The van der Waals surface area contributed by atoms with Crippen molar-refractivity contribution in [3.05, 3.63) is 72.3 Å². The zero-order chi connectivity index (χ0) is 19.4. The van der Waals surface area contributed by atoms with Crippen LogP contribution in [0.3, 0.4) is 0 Å². The Hall–Kier alpha value is -2.66. The molecule has 136 valence electrons. The number of hydrogen-bond acceptors (Lipinski definition) is 2. The van der Waals surface area contributed by atoms with Gasteiger partial charge in [0.05, 0.1) is 0 Å². The quantitative estimate of drug-likeness (QED) is 0.607. The van der Waals surface area contributed by atoms with Gasteiger partial charge in [0.15, 0.2) is 0 Å². The molecular formula is C21H24O4Si. The molecule has 2 aromatic rings. The third-order valence-corrected chi connectivity index (χ3v) is 11.0. The second kappa shape index (κ2) is 7.70. The number of aliphatic carboxylic acids is 2. The predicted octanol–water partition coefficient (Wildman–Crippen LogP) is 3.15. The lowest BCUT2D eigenvalue weighted by molar-refractivity contribution is -0.135. The van der Waals surface area contributed by atoms with Gasteiger partial charge in [0, 0.05) is 11.6 Å². The Kier molecular flexibility index (Phi) is 5.82. The summed E-state index contributed by atoms with van der Waals surface area (Å²) in [6.07, 6.45) is 0.835. The molecule has 0 aliphatic rings. The molecule has 0 heterocycles. The van der Waals surface area contributed by atoms with Crippen LogP contribution in [0.25, 0.3) is 0 Å². The van der Waals surface area contributed by atoms with E-state index in [-0.39, 0.29) is 16.7 Å². The molecule has 4 nitrogen and oxygen atoms in total. The molecule has 26 heavy (non-hydrogen) atoms. The van der Waals surface area contributed by atoms with Crippen LogP contribution in [0.5, 0.6) is 0 Å². The van der Waals surface area contributed by atoms with Gasteiger partial charge in [-0.2, -0.15) is 0 Å². The summed E-state index contributed by atoms with van der Waals surface area (Å²) in [6, 6.07) is 20.0. The standard InChI is InChI=1S/C21H24O4Si/c1-21(2,3)26(17-10-6-4-7-11-17,18-12-8-5-9-13-18)15-16(20(24)25)14-19(22)23/h4-14H,15H2,1-3H3,(H,22,23)(H,24,25)/b16-14-. The van der Waals surface area contributed by atoms with Gasteiger partial charge in [-0.3, -0.25) is 0 Å². The van der Waals surface area contributed by atoms with Gasteiger partial charge < -0.3 is 10.2 Å². The molecule has 0 bridgehead atoms. The first kappa shape index (κ1) is 19.7. The zero-order valence-corrected chi connectivity index (χ0v) is 16.3. The van der Waals surface area contributed by atoms with E-state index in [1.807, 2.05) is 60.7 Å². The lowest BCUT2D eigenvalue weighted by atomic mass is 10.2. The maximum Gasteiger partial charge on any atom is 0.331 e. The van der Waals surface area contributed by atoms with E-state index in [1.54, 1.807) is 0 Å². The van der Waals surface area contributed by atoms with E-state index in [1.165, 1.54) is 0 Å². The van der Waals surface area contributed by atoms with Crippen molar-refractivity contribution in [1.29, 1.82) is 0 Å². The van der Waals surface area contributed by atoms with E-state index >= 15 is 0 Å². The average molecular weight is 369 g/mol. The summed E-state index contributed by atoms with van der Waals surface area (Å²) in [4.78, 5) is 23.0. The first-order chi connectivity index (χ1) is 12.2. The van der Waals surface area contributed by atoms with Crippen molar-refractivity contribution >= 4 is 30.4 Å². The first-order valence-electron chi connectivity index (χ1n) is 8.46. The highest BCUT2D eigenvalue weighted by Crippen LogP contribution is 2.40. The Labute approximate surface area is 154 Å². The highest BCUT2D eigenvalue weighted by molar-refractivity contribution is 7.04. The summed E-state index contributed by atoms with van der Waals surface area (Å²) in [5.41, 5.74) is -0.0632. The van der Waals surface area contributed by atoms with E-state index < -0.39 is 20.0 Å². The average Bonchev–Trinajstić information content (AvgIpc) is 2.58. The van der Waals surface area contributed by atoms with Crippen LogP contribution in [0.15, 0.2) is 72.3 Å². The van der Waals surface area contributed by atoms with Gasteiger partial charge >= 0.3 is 11.9 Å². The van der Waals surface area contributed by atoms with Crippen LogP contribution < -0.4 is 10.4 Å². The van der Waals surface area contributed by atoms with E-state index in [4.69, 9.17) is 5.11 Å². The third-order valence-electron chi connectivity index (χ3n) is 4.84. The van der Waals surface area contributed by atoms with Crippen LogP contribution in [0.2, 0.25) is 11.1 Å². The highest BCUT2D eigenvalue weighted by Gasteiger charge is 2.48. The first-order valence-corrected chi connectivity index (χ1v) is 10.7. The molecule has 0 saturated carbocycles. The number of carboxylic acids is 2. The number of carboxylic acid groups (broad SMARTS) is 2. The molecular weight excluding hydrogens is 344 g/mol. The number of hydrogen-bond donors (Lipinski definition) is 2. The molecule has 0 unspecified atom stereocenters. The Balaban J connectivity index is 2.80. The lowest BCUT2D eigenvalue weighted by Gasteiger charge is -2.44. The fourth-order valence-electron chi connectivity index (χ4n) is 3.57. The monoisotopic (exact) mass is 368 g/mol. The van der Waals surface area contributed by atoms with Crippen LogP contribution in [0.1, 0.15) is 20.8 Å². The molecule has 0 fully saturated rings. The van der Waals surface area contributed by atoms with Gasteiger partial charge in [-0.15, -0.1) is 0 Å². The smallest absolute Gasteiger partial charge is 0.331 e. The maximum absolute atomic E-state index is 11.8. The second-order valence-electron chi connectivity index (χ2n) is 7.38. The molecule has 0 aromatic heterocycles. The largest absolute Gasteiger partial charge is 0.478 e. The molecule has 2 N–H and O–H groups in total. The van der Waals surface area contributed by atoms with Crippen molar-refractivity contribution in [1.82, 2.24) is 0 Å². The minimum atomic E-state index is -2.65. The summed E-state index contributed by atoms with van der Waals surface area (Å²) in [5, 5.41) is 20.7. The molecule has 0 saturated heterocycles. The summed E-state index contributed by atoms with van der Waals surface area (Å²) >= 11 is 0. The van der Waals surface area contributed by atoms with Gasteiger partial charge in [-0.1, -0.05) is 91.8 Å².